The Morgan fingerprint density at radius 1 is 1.44 bits per heavy atom. The molecule has 2 rings (SSSR count). The van der Waals surface area contributed by atoms with Gasteiger partial charge in [0.15, 0.2) is 0 Å². The topological polar surface area (TPSA) is 21.3 Å². The number of ether oxygens (including phenoxy) is 1. The number of para-hydroxylation sites is 1. The molecule has 0 saturated carbocycles. The Morgan fingerprint density at radius 3 is 2.88 bits per heavy atom. The highest BCUT2D eigenvalue weighted by Gasteiger charge is 2.18. The smallest absolute Gasteiger partial charge is 0.127 e. The molecule has 1 N–H and O–H groups in total. The molecule has 0 amide bonds. The van der Waals surface area contributed by atoms with Crippen LogP contribution in [0.15, 0.2) is 18.2 Å². The van der Waals surface area contributed by atoms with E-state index in [1.807, 2.05) is 12.1 Å². The second-order valence-corrected chi connectivity index (χ2v) is 4.31. The van der Waals surface area contributed by atoms with Crippen LogP contribution < -0.4 is 10.1 Å². The van der Waals surface area contributed by atoms with Crippen molar-refractivity contribution in [2.24, 2.45) is 5.92 Å². The zero-order valence-electron chi connectivity index (χ0n) is 9.63. The molecular formula is C13H18FNO. The first-order chi connectivity index (χ1) is 7.85. The van der Waals surface area contributed by atoms with Crippen molar-refractivity contribution >= 4 is 0 Å². The SMILES string of the molecule is COc1c(CF)cccc1CC1CCNC1. The van der Waals surface area contributed by atoms with Crippen LogP contribution >= 0.6 is 0 Å². The van der Waals surface area contributed by atoms with Crippen LogP contribution in [0.3, 0.4) is 0 Å². The Kier molecular flexibility index (Phi) is 3.78. The third kappa shape index (κ3) is 2.35. The fourth-order valence-electron chi connectivity index (χ4n) is 2.37. The summed E-state index contributed by atoms with van der Waals surface area (Å²) in [4.78, 5) is 0. The number of hydrogen-bond donors (Lipinski definition) is 1. The predicted octanol–water partition coefficient (Wildman–Crippen LogP) is 2.32. The van der Waals surface area contributed by atoms with E-state index in [-0.39, 0.29) is 0 Å². The minimum absolute atomic E-state index is 0.458. The van der Waals surface area contributed by atoms with E-state index in [1.54, 1.807) is 13.2 Å². The van der Waals surface area contributed by atoms with Gasteiger partial charge in [-0.3, -0.25) is 0 Å². The first kappa shape index (κ1) is 11.4. The maximum atomic E-state index is 12.8. The van der Waals surface area contributed by atoms with Crippen molar-refractivity contribution in [2.45, 2.75) is 19.5 Å². The fourth-order valence-corrected chi connectivity index (χ4v) is 2.37. The molecule has 1 unspecified atom stereocenters. The molecular weight excluding hydrogens is 205 g/mol. The number of halogens is 1. The van der Waals surface area contributed by atoms with Crippen molar-refractivity contribution in [1.29, 1.82) is 0 Å². The monoisotopic (exact) mass is 223 g/mol. The van der Waals surface area contributed by atoms with Crippen LogP contribution in [0.2, 0.25) is 0 Å². The average Bonchev–Trinajstić information content (AvgIpc) is 2.81. The van der Waals surface area contributed by atoms with Crippen molar-refractivity contribution in [3.8, 4) is 5.75 Å². The van der Waals surface area contributed by atoms with Gasteiger partial charge in [0.05, 0.1) is 7.11 Å². The summed E-state index contributed by atoms with van der Waals surface area (Å²) in [5.74, 6) is 1.39. The van der Waals surface area contributed by atoms with Crippen LogP contribution in [0.5, 0.6) is 5.75 Å². The molecule has 88 valence electrons. The maximum absolute atomic E-state index is 12.8. The summed E-state index contributed by atoms with van der Waals surface area (Å²) in [7, 11) is 1.62. The van der Waals surface area contributed by atoms with Gasteiger partial charge in [0.1, 0.15) is 12.4 Å². The molecule has 1 aliphatic heterocycles. The van der Waals surface area contributed by atoms with E-state index in [0.717, 1.165) is 30.8 Å². The summed E-state index contributed by atoms with van der Waals surface area (Å²) in [6.07, 6.45) is 2.17. The molecule has 0 aromatic heterocycles. The highest BCUT2D eigenvalue weighted by atomic mass is 19.1. The minimum Gasteiger partial charge on any atom is -0.496 e. The maximum Gasteiger partial charge on any atom is 0.127 e. The molecule has 0 spiro atoms. The summed E-state index contributed by atoms with van der Waals surface area (Å²) >= 11 is 0. The second-order valence-electron chi connectivity index (χ2n) is 4.31. The van der Waals surface area contributed by atoms with E-state index < -0.39 is 6.67 Å². The normalized spacial score (nSPS) is 20.0. The van der Waals surface area contributed by atoms with Crippen molar-refractivity contribution in [2.75, 3.05) is 20.2 Å². The van der Waals surface area contributed by atoms with Crippen LogP contribution in [0.25, 0.3) is 0 Å². The van der Waals surface area contributed by atoms with Crippen LogP contribution in [-0.2, 0) is 13.1 Å². The lowest BCUT2D eigenvalue weighted by Gasteiger charge is -2.14. The van der Waals surface area contributed by atoms with Gasteiger partial charge in [-0.25, -0.2) is 4.39 Å². The molecule has 1 heterocycles. The number of rotatable bonds is 4. The van der Waals surface area contributed by atoms with Crippen LogP contribution in [0.1, 0.15) is 17.5 Å². The lowest BCUT2D eigenvalue weighted by Crippen LogP contribution is -2.11. The summed E-state index contributed by atoms with van der Waals surface area (Å²) < 4.78 is 18.1. The Labute approximate surface area is 95.8 Å². The van der Waals surface area contributed by atoms with E-state index in [0.29, 0.717) is 11.5 Å². The molecule has 2 nitrogen and oxygen atoms in total. The van der Waals surface area contributed by atoms with Crippen molar-refractivity contribution in [3.63, 3.8) is 0 Å². The molecule has 3 heteroatoms. The highest BCUT2D eigenvalue weighted by Crippen LogP contribution is 2.28. The zero-order chi connectivity index (χ0) is 11.4. The molecule has 0 bridgehead atoms. The number of alkyl halides is 1. The molecule has 1 aromatic carbocycles. The molecule has 1 saturated heterocycles. The van der Waals surface area contributed by atoms with Crippen molar-refractivity contribution < 1.29 is 9.13 Å². The lowest BCUT2D eigenvalue weighted by atomic mass is 9.96. The van der Waals surface area contributed by atoms with Crippen LogP contribution in [0, 0.1) is 5.92 Å². The largest absolute Gasteiger partial charge is 0.496 e. The van der Waals surface area contributed by atoms with Gasteiger partial charge < -0.3 is 10.1 Å². The number of hydrogen-bond acceptors (Lipinski definition) is 2. The van der Waals surface area contributed by atoms with Gasteiger partial charge in [0.2, 0.25) is 0 Å². The average molecular weight is 223 g/mol. The summed E-state index contributed by atoms with van der Waals surface area (Å²) in [5, 5.41) is 3.34. The van der Waals surface area contributed by atoms with Gasteiger partial charge in [-0.05, 0) is 37.4 Å². The van der Waals surface area contributed by atoms with Gasteiger partial charge in [-0.2, -0.15) is 0 Å². The van der Waals surface area contributed by atoms with E-state index in [9.17, 15) is 4.39 Å². The first-order valence-electron chi connectivity index (χ1n) is 5.76. The third-order valence-corrected chi connectivity index (χ3v) is 3.20. The molecule has 0 radical (unpaired) electrons. The number of nitrogens with one attached hydrogen (secondary N) is 1. The van der Waals surface area contributed by atoms with Crippen LogP contribution in [-0.4, -0.2) is 20.2 Å². The Morgan fingerprint density at radius 2 is 2.25 bits per heavy atom. The van der Waals surface area contributed by atoms with Gasteiger partial charge >= 0.3 is 0 Å². The lowest BCUT2D eigenvalue weighted by molar-refractivity contribution is 0.386. The fraction of sp³-hybridized carbons (Fsp3) is 0.538. The van der Waals surface area contributed by atoms with E-state index in [2.05, 4.69) is 5.32 Å². The number of methoxy groups -OCH3 is 1. The van der Waals surface area contributed by atoms with Gasteiger partial charge in [0.25, 0.3) is 0 Å². The van der Waals surface area contributed by atoms with Gasteiger partial charge in [-0.1, -0.05) is 18.2 Å². The van der Waals surface area contributed by atoms with E-state index in [4.69, 9.17) is 4.74 Å². The molecule has 1 aromatic rings. The van der Waals surface area contributed by atoms with E-state index in [1.165, 1.54) is 6.42 Å². The molecule has 16 heavy (non-hydrogen) atoms. The predicted molar refractivity (Wildman–Crippen MR) is 62.5 cm³/mol. The van der Waals surface area contributed by atoms with E-state index >= 15 is 0 Å². The van der Waals surface area contributed by atoms with Crippen molar-refractivity contribution in [1.82, 2.24) is 5.32 Å². The quantitative estimate of drug-likeness (QED) is 0.845. The summed E-state index contributed by atoms with van der Waals surface area (Å²) in [6.45, 7) is 1.69. The number of benzene rings is 1. The molecule has 0 aliphatic carbocycles. The second kappa shape index (κ2) is 5.30. The van der Waals surface area contributed by atoms with Gasteiger partial charge in [0, 0.05) is 5.56 Å². The first-order valence-corrected chi connectivity index (χ1v) is 5.76. The molecule has 1 aliphatic rings. The third-order valence-electron chi connectivity index (χ3n) is 3.20. The van der Waals surface area contributed by atoms with Crippen molar-refractivity contribution in [3.05, 3.63) is 29.3 Å². The standard InChI is InChI=1S/C13H18FNO/c1-16-13-11(3-2-4-12(13)8-14)7-10-5-6-15-9-10/h2-4,10,15H,5-9H2,1H3. The zero-order valence-corrected chi connectivity index (χ0v) is 9.63. The minimum atomic E-state index is -0.458. The summed E-state index contributed by atoms with van der Waals surface area (Å²) in [5.41, 5.74) is 1.79. The molecule has 1 fully saturated rings. The Bertz CT molecular complexity index is 348. The molecule has 1 atom stereocenters. The van der Waals surface area contributed by atoms with Gasteiger partial charge in [-0.15, -0.1) is 0 Å². The Balaban J connectivity index is 2.18. The highest BCUT2D eigenvalue weighted by molar-refractivity contribution is 5.41. The van der Waals surface area contributed by atoms with Crippen LogP contribution in [0.4, 0.5) is 4.39 Å². The summed E-state index contributed by atoms with van der Waals surface area (Å²) in [6, 6.07) is 5.74. The Hall–Kier alpha value is -1.09.